The zero-order valence-corrected chi connectivity index (χ0v) is 34.2. The van der Waals surface area contributed by atoms with E-state index >= 15 is 0 Å². The molecule has 1 saturated carbocycles. The molecule has 4 saturated heterocycles. The summed E-state index contributed by atoms with van der Waals surface area (Å²) in [7, 11) is 1.42. The number of methoxy groups -OCH3 is 1. The van der Waals surface area contributed by atoms with E-state index < -0.39 is 5.92 Å². The summed E-state index contributed by atoms with van der Waals surface area (Å²) in [4.78, 5) is 26.8. The van der Waals surface area contributed by atoms with Crippen LogP contribution in [0, 0.1) is 11.8 Å². The predicted octanol–water partition coefficient (Wildman–Crippen LogP) is 5.95. The fourth-order valence-corrected chi connectivity index (χ4v) is 10.1. The predicted molar refractivity (Wildman–Crippen MR) is 215 cm³/mol. The number of nitrogens with zero attached hydrogens (tertiary/aromatic N) is 8. The van der Waals surface area contributed by atoms with Crippen molar-refractivity contribution in [2.45, 2.75) is 121 Å². The van der Waals surface area contributed by atoms with Gasteiger partial charge >= 0.3 is 5.97 Å². The molecule has 0 amide bonds. The van der Waals surface area contributed by atoms with E-state index in [1.807, 2.05) is 32.2 Å². The molecule has 3 aromatic rings. The van der Waals surface area contributed by atoms with Crippen LogP contribution in [0.1, 0.15) is 90.7 Å². The van der Waals surface area contributed by atoms with Crippen LogP contribution in [0.3, 0.4) is 0 Å². The minimum atomic E-state index is -0.446. The van der Waals surface area contributed by atoms with Crippen molar-refractivity contribution in [3.05, 3.63) is 41.4 Å². The summed E-state index contributed by atoms with van der Waals surface area (Å²) < 4.78 is 23.7. The minimum absolute atomic E-state index is 0.0603. The lowest BCUT2D eigenvalue weighted by atomic mass is 9.78. The maximum atomic E-state index is 12.4. The fourth-order valence-electron chi connectivity index (χ4n) is 9.99. The molecule has 1 aliphatic carbocycles. The van der Waals surface area contributed by atoms with Crippen LogP contribution < -0.4 is 25.2 Å². The highest BCUT2D eigenvalue weighted by Crippen LogP contribution is 2.41. The third-order valence-corrected chi connectivity index (χ3v) is 13.5. The summed E-state index contributed by atoms with van der Waals surface area (Å²) in [6.07, 6.45) is 10.9. The van der Waals surface area contributed by atoms with Crippen molar-refractivity contribution >= 4 is 40.6 Å². The lowest BCUT2D eigenvalue weighted by Crippen LogP contribution is -2.56. The van der Waals surface area contributed by atoms with Gasteiger partial charge in [-0.2, -0.15) is 0 Å². The Kier molecular flexibility index (Phi) is 11.3. The molecule has 0 aromatic carbocycles. The fraction of sp³-hybridized carbons (Fsp3) is 0.683. The van der Waals surface area contributed by atoms with Gasteiger partial charge in [-0.15, -0.1) is 10.2 Å². The largest absolute Gasteiger partial charge is 0.474 e. The van der Waals surface area contributed by atoms with Crippen LogP contribution in [0.4, 0.5) is 23.0 Å². The maximum absolute atomic E-state index is 12.4. The first-order chi connectivity index (χ1) is 27.0. The first-order valence-electron chi connectivity index (χ1n) is 20.6. The molecule has 3 unspecified atom stereocenters. The number of piperazine rings is 1. The normalized spacial score (nSPS) is 25.7. The van der Waals surface area contributed by atoms with Gasteiger partial charge in [-0.3, -0.25) is 9.69 Å². The van der Waals surface area contributed by atoms with E-state index in [1.54, 1.807) is 0 Å². The summed E-state index contributed by atoms with van der Waals surface area (Å²) >= 11 is 6.15. The molecule has 2 N–H and O–H groups in total. The lowest BCUT2D eigenvalue weighted by Gasteiger charge is -2.50. The van der Waals surface area contributed by atoms with E-state index in [9.17, 15) is 4.79 Å². The molecule has 0 spiro atoms. The molecule has 3 atom stereocenters. The lowest BCUT2D eigenvalue weighted by molar-refractivity contribution is -0.144. The van der Waals surface area contributed by atoms with E-state index in [1.165, 1.54) is 7.11 Å². The molecular weight excluding hydrogens is 734 g/mol. The molecule has 7 heterocycles. The number of pyridine rings is 1. The molecule has 5 fully saturated rings. The SMILES string of the molecule is COC(=O)C(c1cc(N2CCC(C(C)(C)N3CCC(OC4CC(Oc5cc(N6C7CCC6CN(c6cc(Cl)nnc6N)C7)ccn5)C4)CC3)CC2)no1)C(C)C. The number of rotatable bonds is 12. The molecule has 4 aliphatic heterocycles. The number of carbonyl (C=O) groups excluding carboxylic acids is 1. The molecule has 5 aliphatic rings. The van der Waals surface area contributed by atoms with Gasteiger partial charge in [0, 0.05) is 99.8 Å². The topological polar surface area (TPSA) is 148 Å². The Morgan fingerprint density at radius 1 is 0.929 bits per heavy atom. The maximum Gasteiger partial charge on any atom is 0.316 e. The second kappa shape index (κ2) is 16.2. The van der Waals surface area contributed by atoms with Gasteiger partial charge in [0.25, 0.3) is 0 Å². The van der Waals surface area contributed by atoms with Crippen molar-refractivity contribution < 1.29 is 23.5 Å². The van der Waals surface area contributed by atoms with Crippen LogP contribution in [-0.4, -0.2) is 114 Å². The number of nitrogens with two attached hydrogens (primary N) is 1. The standard InChI is InChI=1S/C41H58ClN9O5/c1-25(2)38(40(52)53-5)34-22-36(47-56-34)48-14-9-26(10-15-48)41(3,4)50-16-11-30(12-17-50)54-31-19-32(20-31)55-37-18-27(8-13-44-37)51-28-6-7-29(51)24-49(23-28)33-21-35(42)45-46-39(33)43/h8,13,18,21-22,25-26,28-32,38H,6-7,9-12,14-17,19-20,23-24H2,1-5H3,(H2,43,46). The molecule has 2 bridgehead atoms. The van der Waals surface area contributed by atoms with Crippen LogP contribution in [0.15, 0.2) is 35.0 Å². The molecule has 15 heteroatoms. The Morgan fingerprint density at radius 3 is 2.32 bits per heavy atom. The number of fused-ring (bicyclic) bond motifs is 2. The van der Waals surface area contributed by atoms with Crippen LogP contribution in [-0.2, 0) is 14.3 Å². The monoisotopic (exact) mass is 791 g/mol. The van der Waals surface area contributed by atoms with Crippen molar-refractivity contribution in [1.82, 2.24) is 25.2 Å². The number of nitrogen functional groups attached to an aromatic ring is 1. The highest BCUT2D eigenvalue weighted by molar-refractivity contribution is 6.29. The number of hydrogen-bond donors (Lipinski definition) is 1. The number of aromatic nitrogens is 4. The Bertz CT molecular complexity index is 1810. The van der Waals surface area contributed by atoms with Gasteiger partial charge < -0.3 is 39.2 Å². The average molecular weight is 792 g/mol. The minimum Gasteiger partial charge on any atom is -0.474 e. The van der Waals surface area contributed by atoms with E-state index in [4.69, 9.17) is 36.1 Å². The third kappa shape index (κ3) is 7.98. The first-order valence-corrected chi connectivity index (χ1v) is 21.0. The van der Waals surface area contributed by atoms with Crippen molar-refractivity contribution in [3.8, 4) is 5.88 Å². The Hall–Kier alpha value is -3.88. The Morgan fingerprint density at radius 2 is 1.64 bits per heavy atom. The molecule has 304 valence electrons. The van der Waals surface area contributed by atoms with E-state index in [-0.39, 0.29) is 29.6 Å². The van der Waals surface area contributed by atoms with Crippen molar-refractivity contribution in [2.75, 3.05) is 66.8 Å². The highest BCUT2D eigenvalue weighted by atomic mass is 35.5. The Labute approximate surface area is 335 Å². The van der Waals surface area contributed by atoms with Crippen LogP contribution >= 0.6 is 11.6 Å². The quantitative estimate of drug-likeness (QED) is 0.215. The van der Waals surface area contributed by atoms with Crippen molar-refractivity contribution in [2.24, 2.45) is 11.8 Å². The van der Waals surface area contributed by atoms with Crippen molar-refractivity contribution in [1.29, 1.82) is 0 Å². The summed E-state index contributed by atoms with van der Waals surface area (Å²) in [5.41, 5.74) is 8.30. The number of piperidine rings is 2. The molecule has 14 nitrogen and oxygen atoms in total. The van der Waals surface area contributed by atoms with Crippen LogP contribution in [0.25, 0.3) is 0 Å². The summed E-state index contributed by atoms with van der Waals surface area (Å²) in [6, 6.07) is 8.67. The smallest absolute Gasteiger partial charge is 0.316 e. The van der Waals surface area contributed by atoms with E-state index in [0.717, 1.165) is 108 Å². The molecule has 3 aromatic heterocycles. The van der Waals surface area contributed by atoms with Gasteiger partial charge in [-0.1, -0.05) is 30.6 Å². The summed E-state index contributed by atoms with van der Waals surface area (Å²) in [5.74, 6) is 2.41. The third-order valence-electron chi connectivity index (χ3n) is 13.4. The highest BCUT2D eigenvalue weighted by Gasteiger charge is 2.43. The number of halogens is 1. The average Bonchev–Trinajstić information content (AvgIpc) is 3.76. The van der Waals surface area contributed by atoms with Crippen molar-refractivity contribution in [3.63, 3.8) is 0 Å². The van der Waals surface area contributed by atoms with Crippen LogP contribution in [0.5, 0.6) is 5.88 Å². The zero-order chi connectivity index (χ0) is 39.1. The first kappa shape index (κ1) is 39.0. The number of esters is 1. The van der Waals surface area contributed by atoms with Gasteiger partial charge in [0.05, 0.1) is 25.0 Å². The van der Waals surface area contributed by atoms with Gasteiger partial charge in [-0.05, 0) is 70.3 Å². The molecule has 8 rings (SSSR count). The summed E-state index contributed by atoms with van der Waals surface area (Å²) in [5, 5.41) is 12.6. The number of carbonyl (C=O) groups is 1. The summed E-state index contributed by atoms with van der Waals surface area (Å²) in [6.45, 7) is 14.5. The van der Waals surface area contributed by atoms with E-state index in [2.05, 4.69) is 65.9 Å². The molecule has 0 radical (unpaired) electrons. The molecule has 56 heavy (non-hydrogen) atoms. The zero-order valence-electron chi connectivity index (χ0n) is 33.5. The van der Waals surface area contributed by atoms with Gasteiger partial charge in [0.1, 0.15) is 12.0 Å². The van der Waals surface area contributed by atoms with Gasteiger partial charge in [0.15, 0.2) is 22.5 Å². The van der Waals surface area contributed by atoms with E-state index in [0.29, 0.717) is 46.7 Å². The number of ether oxygens (including phenoxy) is 3. The number of likely N-dealkylation sites (tertiary alicyclic amines) is 1. The van der Waals surface area contributed by atoms with Gasteiger partial charge in [-0.25, -0.2) is 4.98 Å². The molecular formula is C41H58ClN9O5. The second-order valence-corrected chi connectivity index (χ2v) is 17.8. The van der Waals surface area contributed by atoms with Crippen LogP contribution in [0.2, 0.25) is 5.15 Å². The number of hydrogen-bond acceptors (Lipinski definition) is 14. The Balaban J connectivity index is 0.765. The number of anilines is 4. The second-order valence-electron chi connectivity index (χ2n) is 17.4. The van der Waals surface area contributed by atoms with Gasteiger partial charge in [0.2, 0.25) is 5.88 Å².